The molecule has 6 nitrogen and oxygen atoms in total. The first-order valence-electron chi connectivity index (χ1n) is 9.32. The van der Waals surface area contributed by atoms with Gasteiger partial charge >= 0.3 is 6.18 Å². The average molecular weight is 447 g/mol. The van der Waals surface area contributed by atoms with Gasteiger partial charge in [0, 0.05) is 22.7 Å². The van der Waals surface area contributed by atoms with Gasteiger partial charge in [-0.15, -0.1) is 0 Å². The van der Waals surface area contributed by atoms with Crippen LogP contribution >= 0.6 is 11.6 Å². The second-order valence-corrected chi connectivity index (χ2v) is 7.97. The largest absolute Gasteiger partial charge is 0.416 e. The Balaban J connectivity index is 1.57. The van der Waals surface area contributed by atoms with Crippen molar-refractivity contribution < 1.29 is 22.8 Å². The Bertz CT molecular complexity index is 1240. The standard InChI is InChI=1S/C21H14ClF3N4O2/c22-13-5-6-16-14(7-13)20(19(31)27-16)8-17(30)28-18-15(20)9-26-29(18)10-11-1-3-12(4-2-11)21(23,24)25/h1-7,9H,8,10H2,(H,27,31)(H,28,30)/t20-/m0/s1. The summed E-state index contributed by atoms with van der Waals surface area (Å²) in [5.41, 5.74) is 0.225. The minimum Gasteiger partial charge on any atom is -0.325 e. The van der Waals surface area contributed by atoms with Gasteiger partial charge in [0.15, 0.2) is 0 Å². The molecule has 5 rings (SSSR count). The molecule has 0 unspecified atom stereocenters. The highest BCUT2D eigenvalue weighted by atomic mass is 35.5. The summed E-state index contributed by atoms with van der Waals surface area (Å²) in [5, 5.41) is 10.3. The molecular weight excluding hydrogens is 433 g/mol. The van der Waals surface area contributed by atoms with Gasteiger partial charge in [0.05, 0.1) is 18.3 Å². The summed E-state index contributed by atoms with van der Waals surface area (Å²) in [6.45, 7) is 0.119. The van der Waals surface area contributed by atoms with Crippen molar-refractivity contribution in [2.45, 2.75) is 24.6 Å². The van der Waals surface area contributed by atoms with Crippen molar-refractivity contribution in [1.82, 2.24) is 9.78 Å². The Morgan fingerprint density at radius 1 is 1.06 bits per heavy atom. The molecule has 2 aliphatic heterocycles. The minimum atomic E-state index is -4.42. The maximum Gasteiger partial charge on any atom is 0.416 e. The molecule has 0 aliphatic carbocycles. The topological polar surface area (TPSA) is 76.0 Å². The third-order valence-corrected chi connectivity index (χ3v) is 5.91. The van der Waals surface area contributed by atoms with Crippen LogP contribution in [-0.4, -0.2) is 21.6 Å². The SMILES string of the molecule is O=C1C[C@@]2(C(=O)Nc3ccc(Cl)cc32)c2cnn(Cc3ccc(C(F)(F)F)cc3)c2N1. The van der Waals surface area contributed by atoms with E-state index in [-0.39, 0.29) is 24.8 Å². The second kappa shape index (κ2) is 6.58. The molecule has 3 aromatic rings. The van der Waals surface area contributed by atoms with Gasteiger partial charge in [-0.2, -0.15) is 18.3 Å². The number of amides is 2. The summed E-state index contributed by atoms with van der Waals surface area (Å²) >= 11 is 6.15. The summed E-state index contributed by atoms with van der Waals surface area (Å²) in [6.07, 6.45) is -3.02. The molecule has 1 aromatic heterocycles. The van der Waals surface area contributed by atoms with Crippen LogP contribution < -0.4 is 10.6 Å². The van der Waals surface area contributed by atoms with Gasteiger partial charge in [0.2, 0.25) is 11.8 Å². The molecule has 2 amide bonds. The van der Waals surface area contributed by atoms with Gasteiger partial charge in [-0.1, -0.05) is 23.7 Å². The van der Waals surface area contributed by atoms with Crippen LogP contribution in [0.2, 0.25) is 5.02 Å². The Kier molecular flexibility index (Phi) is 4.17. The smallest absolute Gasteiger partial charge is 0.325 e. The van der Waals surface area contributed by atoms with Crippen molar-refractivity contribution in [3.8, 4) is 0 Å². The fourth-order valence-corrected chi connectivity index (χ4v) is 4.38. The highest BCUT2D eigenvalue weighted by Gasteiger charge is 2.54. The molecule has 2 N–H and O–H groups in total. The maximum absolute atomic E-state index is 13.0. The molecule has 3 heterocycles. The van der Waals surface area contributed by atoms with Crippen LogP contribution in [-0.2, 0) is 27.7 Å². The monoisotopic (exact) mass is 446 g/mol. The lowest BCUT2D eigenvalue weighted by Crippen LogP contribution is -2.43. The van der Waals surface area contributed by atoms with Crippen molar-refractivity contribution in [1.29, 1.82) is 0 Å². The van der Waals surface area contributed by atoms with Crippen molar-refractivity contribution in [3.05, 3.63) is 75.9 Å². The number of nitrogens with zero attached hydrogens (tertiary/aromatic N) is 2. The van der Waals surface area contributed by atoms with Crippen molar-refractivity contribution in [3.63, 3.8) is 0 Å². The van der Waals surface area contributed by atoms with Gasteiger partial charge in [-0.05, 0) is 41.5 Å². The van der Waals surface area contributed by atoms with E-state index in [9.17, 15) is 22.8 Å². The van der Waals surface area contributed by atoms with E-state index < -0.39 is 17.2 Å². The van der Waals surface area contributed by atoms with Crippen LogP contribution in [0.15, 0.2) is 48.7 Å². The van der Waals surface area contributed by atoms with E-state index in [1.807, 2.05) is 0 Å². The van der Waals surface area contributed by atoms with E-state index in [1.165, 1.54) is 23.0 Å². The third-order valence-electron chi connectivity index (χ3n) is 5.67. The zero-order chi connectivity index (χ0) is 22.0. The molecule has 1 spiro atoms. The Morgan fingerprint density at radius 2 is 1.81 bits per heavy atom. The molecule has 158 valence electrons. The number of carbonyl (C=O) groups excluding carboxylic acids is 2. The van der Waals surface area contributed by atoms with E-state index in [4.69, 9.17) is 11.6 Å². The Labute approximate surface area is 179 Å². The first-order valence-corrected chi connectivity index (χ1v) is 9.70. The van der Waals surface area contributed by atoms with Crippen molar-refractivity contribution in [2.75, 3.05) is 10.6 Å². The zero-order valence-corrected chi connectivity index (χ0v) is 16.5. The number of fused-ring (bicyclic) bond motifs is 4. The van der Waals surface area contributed by atoms with E-state index in [0.717, 1.165) is 12.1 Å². The second-order valence-electron chi connectivity index (χ2n) is 7.53. The van der Waals surface area contributed by atoms with Crippen LogP contribution in [0.3, 0.4) is 0 Å². The number of aromatic nitrogens is 2. The van der Waals surface area contributed by atoms with E-state index in [0.29, 0.717) is 33.2 Å². The number of rotatable bonds is 2. The summed E-state index contributed by atoms with van der Waals surface area (Å²) in [5.74, 6) is -0.390. The molecule has 0 saturated carbocycles. The number of halogens is 4. The van der Waals surface area contributed by atoms with Gasteiger partial charge in [-0.25, -0.2) is 4.68 Å². The van der Waals surface area contributed by atoms with Gasteiger partial charge in [0.1, 0.15) is 11.2 Å². The minimum absolute atomic E-state index is 0.106. The summed E-state index contributed by atoms with van der Waals surface area (Å²) in [6, 6.07) is 9.69. The fraction of sp³-hybridized carbons (Fsp3) is 0.190. The van der Waals surface area contributed by atoms with Crippen LogP contribution in [0.1, 0.15) is 28.7 Å². The lowest BCUT2D eigenvalue weighted by Gasteiger charge is -2.31. The first kappa shape index (κ1) is 19.6. The van der Waals surface area contributed by atoms with Gasteiger partial charge < -0.3 is 10.6 Å². The predicted molar refractivity (Wildman–Crippen MR) is 107 cm³/mol. The summed E-state index contributed by atoms with van der Waals surface area (Å²) in [4.78, 5) is 25.6. The zero-order valence-electron chi connectivity index (χ0n) is 15.8. The normalized spacial score (nSPS) is 19.7. The molecular formula is C21H14ClF3N4O2. The summed E-state index contributed by atoms with van der Waals surface area (Å²) in [7, 11) is 0. The Hall–Kier alpha value is -3.33. The molecule has 10 heteroatoms. The van der Waals surface area contributed by atoms with Gasteiger partial charge in [-0.3, -0.25) is 9.59 Å². The molecule has 0 radical (unpaired) electrons. The molecule has 0 bridgehead atoms. The van der Waals surface area contributed by atoms with Crippen LogP contribution in [0, 0.1) is 0 Å². The summed E-state index contributed by atoms with van der Waals surface area (Å²) < 4.78 is 39.9. The van der Waals surface area contributed by atoms with E-state index in [1.54, 1.807) is 18.2 Å². The lowest BCUT2D eigenvalue weighted by molar-refractivity contribution is -0.137. The maximum atomic E-state index is 13.0. The number of alkyl halides is 3. The number of anilines is 2. The number of nitrogens with one attached hydrogen (secondary N) is 2. The van der Waals surface area contributed by atoms with Gasteiger partial charge in [0.25, 0.3) is 0 Å². The molecule has 2 aromatic carbocycles. The molecule has 0 fully saturated rings. The number of hydrogen-bond acceptors (Lipinski definition) is 3. The predicted octanol–water partition coefficient (Wildman–Crippen LogP) is 4.18. The highest BCUT2D eigenvalue weighted by Crippen LogP contribution is 2.50. The molecule has 2 aliphatic rings. The fourth-order valence-electron chi connectivity index (χ4n) is 4.21. The van der Waals surface area contributed by atoms with Crippen LogP contribution in [0.5, 0.6) is 0 Å². The third kappa shape index (κ3) is 2.99. The number of benzene rings is 2. The highest BCUT2D eigenvalue weighted by molar-refractivity contribution is 6.31. The number of carbonyl (C=O) groups is 2. The molecule has 0 saturated heterocycles. The Morgan fingerprint density at radius 3 is 2.52 bits per heavy atom. The van der Waals surface area contributed by atoms with E-state index >= 15 is 0 Å². The van der Waals surface area contributed by atoms with Crippen molar-refractivity contribution >= 4 is 34.9 Å². The average Bonchev–Trinajstić information content (AvgIpc) is 3.22. The number of hydrogen-bond donors (Lipinski definition) is 2. The molecule has 31 heavy (non-hydrogen) atoms. The van der Waals surface area contributed by atoms with E-state index in [2.05, 4.69) is 15.7 Å². The lowest BCUT2D eigenvalue weighted by atomic mass is 9.72. The van der Waals surface area contributed by atoms with Crippen LogP contribution in [0.4, 0.5) is 24.7 Å². The van der Waals surface area contributed by atoms with Crippen LogP contribution in [0.25, 0.3) is 0 Å². The molecule has 1 atom stereocenters. The first-order chi connectivity index (χ1) is 14.7. The van der Waals surface area contributed by atoms with Crippen molar-refractivity contribution in [2.24, 2.45) is 0 Å². The quantitative estimate of drug-likeness (QED) is 0.620.